The van der Waals surface area contributed by atoms with Gasteiger partial charge in [0.15, 0.2) is 0 Å². The monoisotopic (exact) mass is 210 g/mol. The van der Waals surface area contributed by atoms with Crippen LogP contribution >= 0.6 is 0 Å². The second-order valence-electron chi connectivity index (χ2n) is 4.74. The van der Waals surface area contributed by atoms with Crippen molar-refractivity contribution in [2.24, 2.45) is 5.92 Å². The molecule has 0 spiro atoms. The van der Waals surface area contributed by atoms with Gasteiger partial charge in [-0.05, 0) is 19.4 Å². The van der Waals surface area contributed by atoms with Gasteiger partial charge in [-0.25, -0.2) is 0 Å². The molecule has 0 unspecified atom stereocenters. The van der Waals surface area contributed by atoms with Gasteiger partial charge in [0.2, 0.25) is 5.91 Å². The Balaban J connectivity index is 1.81. The minimum absolute atomic E-state index is 0.359. The van der Waals surface area contributed by atoms with Crippen LogP contribution in [0.1, 0.15) is 32.6 Å². The Labute approximate surface area is 92.4 Å². The van der Waals surface area contributed by atoms with Gasteiger partial charge in [0, 0.05) is 32.1 Å². The van der Waals surface area contributed by atoms with E-state index in [9.17, 15) is 4.79 Å². The molecule has 3 nitrogen and oxygen atoms in total. The predicted octanol–water partition coefficient (Wildman–Crippen LogP) is 1.34. The third-order valence-corrected chi connectivity index (χ3v) is 3.84. The Morgan fingerprint density at radius 2 is 1.73 bits per heavy atom. The first-order valence-electron chi connectivity index (χ1n) is 6.32. The van der Waals surface area contributed by atoms with Gasteiger partial charge in [0.05, 0.1) is 0 Å². The first-order valence-corrected chi connectivity index (χ1v) is 6.32. The van der Waals surface area contributed by atoms with E-state index in [1.54, 1.807) is 0 Å². The molecule has 2 fully saturated rings. The fraction of sp³-hybridized carbons (Fsp3) is 0.917. The summed E-state index contributed by atoms with van der Waals surface area (Å²) in [6, 6.07) is 0. The van der Waals surface area contributed by atoms with E-state index >= 15 is 0 Å². The molecule has 0 aromatic carbocycles. The number of hydrogen-bond donors (Lipinski definition) is 0. The largest absolute Gasteiger partial charge is 0.340 e. The van der Waals surface area contributed by atoms with Crippen LogP contribution in [0.25, 0.3) is 0 Å². The summed E-state index contributed by atoms with van der Waals surface area (Å²) < 4.78 is 0. The molecule has 0 bridgehead atoms. The molecule has 1 saturated carbocycles. The average Bonchev–Trinajstić information content (AvgIpc) is 2.82. The zero-order valence-electron chi connectivity index (χ0n) is 9.74. The van der Waals surface area contributed by atoms with E-state index < -0.39 is 0 Å². The number of carbonyl (C=O) groups excluding carboxylic acids is 1. The molecule has 3 heteroatoms. The SMILES string of the molecule is CCN1CCN(C(=O)C2CCCC2)CC1. The van der Waals surface area contributed by atoms with Crippen molar-refractivity contribution in [3.8, 4) is 0 Å². The molecule has 0 atom stereocenters. The Morgan fingerprint density at radius 3 is 2.27 bits per heavy atom. The Hall–Kier alpha value is -0.570. The maximum atomic E-state index is 12.1. The quantitative estimate of drug-likeness (QED) is 0.686. The van der Waals surface area contributed by atoms with Crippen LogP contribution in [0.5, 0.6) is 0 Å². The smallest absolute Gasteiger partial charge is 0.225 e. The minimum Gasteiger partial charge on any atom is -0.340 e. The Bertz CT molecular complexity index is 216. The highest BCUT2D eigenvalue weighted by Crippen LogP contribution is 2.26. The number of nitrogens with zero attached hydrogens (tertiary/aromatic N) is 2. The molecule has 0 N–H and O–H groups in total. The first kappa shape index (κ1) is 10.9. The highest BCUT2D eigenvalue weighted by molar-refractivity contribution is 5.79. The lowest BCUT2D eigenvalue weighted by Crippen LogP contribution is -2.49. The summed E-state index contributed by atoms with van der Waals surface area (Å²) in [5.41, 5.74) is 0. The average molecular weight is 210 g/mol. The van der Waals surface area contributed by atoms with Gasteiger partial charge >= 0.3 is 0 Å². The third kappa shape index (κ3) is 2.51. The number of piperazine rings is 1. The molecule has 1 aliphatic carbocycles. The molecule has 2 rings (SSSR count). The van der Waals surface area contributed by atoms with Crippen molar-refractivity contribution in [3.63, 3.8) is 0 Å². The molecule has 1 saturated heterocycles. The van der Waals surface area contributed by atoms with E-state index in [-0.39, 0.29) is 0 Å². The Kier molecular flexibility index (Phi) is 3.62. The van der Waals surface area contributed by atoms with Crippen molar-refractivity contribution in [3.05, 3.63) is 0 Å². The number of likely N-dealkylation sites (N-methyl/N-ethyl adjacent to an activating group) is 1. The van der Waals surface area contributed by atoms with Crippen molar-refractivity contribution in [1.82, 2.24) is 9.80 Å². The van der Waals surface area contributed by atoms with Gasteiger partial charge < -0.3 is 9.80 Å². The lowest BCUT2D eigenvalue weighted by atomic mass is 10.1. The molecule has 1 heterocycles. The van der Waals surface area contributed by atoms with Gasteiger partial charge in [0.25, 0.3) is 0 Å². The van der Waals surface area contributed by atoms with Gasteiger partial charge in [-0.3, -0.25) is 4.79 Å². The van der Waals surface area contributed by atoms with E-state index in [0.717, 1.165) is 45.6 Å². The van der Waals surface area contributed by atoms with E-state index in [4.69, 9.17) is 0 Å². The Morgan fingerprint density at radius 1 is 1.13 bits per heavy atom. The molecule has 0 aromatic rings. The fourth-order valence-corrected chi connectivity index (χ4v) is 2.72. The predicted molar refractivity (Wildman–Crippen MR) is 60.7 cm³/mol. The summed E-state index contributed by atoms with van der Waals surface area (Å²) in [5, 5.41) is 0. The van der Waals surface area contributed by atoms with Crippen LogP contribution < -0.4 is 0 Å². The van der Waals surface area contributed by atoms with Crippen LogP contribution in [0.2, 0.25) is 0 Å². The molecule has 2 aliphatic rings. The van der Waals surface area contributed by atoms with Crippen molar-refractivity contribution in [1.29, 1.82) is 0 Å². The molecule has 1 aliphatic heterocycles. The second kappa shape index (κ2) is 4.97. The number of amides is 1. The van der Waals surface area contributed by atoms with E-state index in [2.05, 4.69) is 16.7 Å². The molecule has 86 valence electrons. The van der Waals surface area contributed by atoms with Crippen LogP contribution in [0, 0.1) is 5.92 Å². The topological polar surface area (TPSA) is 23.6 Å². The van der Waals surface area contributed by atoms with Crippen molar-refractivity contribution in [2.75, 3.05) is 32.7 Å². The van der Waals surface area contributed by atoms with E-state index in [0.29, 0.717) is 11.8 Å². The van der Waals surface area contributed by atoms with Crippen LogP contribution in [-0.4, -0.2) is 48.4 Å². The number of rotatable bonds is 2. The normalized spacial score (nSPS) is 24.7. The van der Waals surface area contributed by atoms with Crippen LogP contribution in [-0.2, 0) is 4.79 Å². The number of hydrogen-bond acceptors (Lipinski definition) is 2. The molecular weight excluding hydrogens is 188 g/mol. The maximum Gasteiger partial charge on any atom is 0.225 e. The molecule has 0 radical (unpaired) electrons. The van der Waals surface area contributed by atoms with Crippen molar-refractivity contribution >= 4 is 5.91 Å². The fourth-order valence-electron chi connectivity index (χ4n) is 2.72. The highest BCUT2D eigenvalue weighted by Gasteiger charge is 2.28. The summed E-state index contributed by atoms with van der Waals surface area (Å²) in [6.45, 7) is 7.33. The first-order chi connectivity index (χ1) is 7.31. The maximum absolute atomic E-state index is 12.1. The van der Waals surface area contributed by atoms with Crippen molar-refractivity contribution in [2.45, 2.75) is 32.6 Å². The molecule has 15 heavy (non-hydrogen) atoms. The lowest BCUT2D eigenvalue weighted by Gasteiger charge is -2.35. The third-order valence-electron chi connectivity index (χ3n) is 3.84. The van der Waals surface area contributed by atoms with Crippen LogP contribution in [0.4, 0.5) is 0 Å². The van der Waals surface area contributed by atoms with Gasteiger partial charge in [-0.2, -0.15) is 0 Å². The zero-order valence-corrected chi connectivity index (χ0v) is 9.74. The van der Waals surface area contributed by atoms with Crippen LogP contribution in [0.3, 0.4) is 0 Å². The number of carbonyl (C=O) groups is 1. The summed E-state index contributed by atoms with van der Waals surface area (Å²) in [5.74, 6) is 0.793. The van der Waals surface area contributed by atoms with Gasteiger partial charge in [0.1, 0.15) is 0 Å². The molecular formula is C12H22N2O. The summed E-state index contributed by atoms with van der Waals surface area (Å²) in [4.78, 5) is 16.6. The van der Waals surface area contributed by atoms with Gasteiger partial charge in [-0.1, -0.05) is 19.8 Å². The summed E-state index contributed by atoms with van der Waals surface area (Å²) in [6.07, 6.45) is 4.77. The summed E-state index contributed by atoms with van der Waals surface area (Å²) in [7, 11) is 0. The van der Waals surface area contributed by atoms with E-state index in [1.807, 2.05) is 0 Å². The second-order valence-corrected chi connectivity index (χ2v) is 4.74. The molecule has 1 amide bonds. The standard InChI is InChI=1S/C12H22N2O/c1-2-13-7-9-14(10-8-13)12(15)11-5-3-4-6-11/h11H,2-10H2,1H3. The summed E-state index contributed by atoms with van der Waals surface area (Å²) >= 11 is 0. The van der Waals surface area contributed by atoms with E-state index in [1.165, 1.54) is 12.8 Å². The lowest BCUT2D eigenvalue weighted by molar-refractivity contribution is -0.137. The van der Waals surface area contributed by atoms with Crippen molar-refractivity contribution < 1.29 is 4.79 Å². The minimum atomic E-state index is 0.359. The van der Waals surface area contributed by atoms with Gasteiger partial charge in [-0.15, -0.1) is 0 Å². The zero-order chi connectivity index (χ0) is 10.7. The highest BCUT2D eigenvalue weighted by atomic mass is 16.2. The molecule has 0 aromatic heterocycles. The van der Waals surface area contributed by atoms with Crippen LogP contribution in [0.15, 0.2) is 0 Å².